The van der Waals surface area contributed by atoms with E-state index in [-0.39, 0.29) is 53.3 Å². The minimum absolute atomic E-state index is 0.0166. The van der Waals surface area contributed by atoms with Crippen LogP contribution in [-0.4, -0.2) is 57.9 Å². The summed E-state index contributed by atoms with van der Waals surface area (Å²) in [5.41, 5.74) is 9.52. The van der Waals surface area contributed by atoms with Gasteiger partial charge in [-0.1, -0.05) is 36.4 Å². The van der Waals surface area contributed by atoms with Crippen molar-refractivity contribution in [3.05, 3.63) is 153 Å². The molecule has 2 heterocycles. The van der Waals surface area contributed by atoms with E-state index >= 15 is 0 Å². The first-order valence-electron chi connectivity index (χ1n) is 16.1. The number of rotatable bonds is 9. The van der Waals surface area contributed by atoms with Crippen LogP contribution in [0.5, 0.6) is 0 Å². The van der Waals surface area contributed by atoms with Crippen molar-refractivity contribution in [2.75, 3.05) is 14.2 Å². The van der Waals surface area contributed by atoms with Gasteiger partial charge >= 0.3 is 11.9 Å². The lowest BCUT2D eigenvalue weighted by molar-refractivity contribution is 0.0589. The van der Waals surface area contributed by atoms with Gasteiger partial charge in [0, 0.05) is 31.8 Å². The number of methoxy groups -OCH3 is 2. The number of aromatic nitrogens is 4. The highest BCUT2D eigenvalue weighted by Crippen LogP contribution is 2.11. The Hall–Kier alpha value is -6.55. The molecule has 0 fully saturated rings. The number of ether oxygens (including phenoxy) is 2. The molecule has 2 aromatic heterocycles. The molecule has 0 saturated heterocycles. The molecular formula is C38H38F3N7O6. The second-order valence-corrected chi connectivity index (χ2v) is 11.4. The van der Waals surface area contributed by atoms with E-state index < -0.39 is 23.8 Å². The monoisotopic (exact) mass is 745 g/mol. The molecule has 0 aliphatic carbocycles. The van der Waals surface area contributed by atoms with Crippen molar-refractivity contribution in [3.63, 3.8) is 0 Å². The van der Waals surface area contributed by atoms with E-state index in [1.54, 1.807) is 57.2 Å². The molecule has 3 aromatic carbocycles. The molecule has 16 heteroatoms. The van der Waals surface area contributed by atoms with Crippen LogP contribution >= 0.6 is 0 Å². The molecule has 0 atom stereocenters. The van der Waals surface area contributed by atoms with Crippen LogP contribution in [0.4, 0.5) is 13.2 Å². The first-order valence-corrected chi connectivity index (χ1v) is 16.1. The van der Waals surface area contributed by atoms with Crippen molar-refractivity contribution in [1.29, 1.82) is 0 Å². The third kappa shape index (κ3) is 12.6. The quantitative estimate of drug-likeness (QED) is 0.175. The number of carbonyl (C=O) groups excluding carboxylic acids is 4. The van der Waals surface area contributed by atoms with Crippen molar-refractivity contribution in [2.45, 2.75) is 40.4 Å². The third-order valence-corrected chi connectivity index (χ3v) is 7.40. The molecule has 282 valence electrons. The molecule has 0 bridgehead atoms. The van der Waals surface area contributed by atoms with Crippen LogP contribution in [0.1, 0.15) is 75.3 Å². The molecule has 5 aromatic rings. The van der Waals surface area contributed by atoms with Gasteiger partial charge in [0.2, 0.25) is 0 Å². The predicted molar refractivity (Wildman–Crippen MR) is 190 cm³/mol. The molecule has 54 heavy (non-hydrogen) atoms. The van der Waals surface area contributed by atoms with Gasteiger partial charge in [-0.25, -0.2) is 42.7 Å². The van der Waals surface area contributed by atoms with Crippen molar-refractivity contribution in [3.8, 4) is 0 Å². The highest BCUT2D eigenvalue weighted by molar-refractivity contribution is 5.97. The Labute approximate surface area is 309 Å². The second kappa shape index (κ2) is 20.5. The van der Waals surface area contributed by atoms with Crippen LogP contribution < -0.4 is 16.4 Å². The first kappa shape index (κ1) is 41.9. The normalized spacial score (nSPS) is 10.1. The van der Waals surface area contributed by atoms with Crippen molar-refractivity contribution in [1.82, 2.24) is 30.6 Å². The zero-order valence-corrected chi connectivity index (χ0v) is 30.1. The fourth-order valence-corrected chi connectivity index (χ4v) is 4.41. The topological polar surface area (TPSA) is 188 Å². The van der Waals surface area contributed by atoms with E-state index in [2.05, 4.69) is 40.0 Å². The fourth-order valence-electron chi connectivity index (χ4n) is 4.41. The Morgan fingerprint density at radius 1 is 0.556 bits per heavy atom. The Balaban J connectivity index is 0.000000267. The fraction of sp³-hybridized carbons (Fsp3) is 0.211. The van der Waals surface area contributed by atoms with E-state index in [9.17, 15) is 32.3 Å². The van der Waals surface area contributed by atoms with Crippen molar-refractivity contribution in [2.24, 2.45) is 5.73 Å². The lowest BCUT2D eigenvalue weighted by Crippen LogP contribution is -2.27. The number of halogens is 3. The molecule has 5 rings (SSSR count). The van der Waals surface area contributed by atoms with Crippen LogP contribution in [0.2, 0.25) is 0 Å². The SMILES string of the molecule is COC(=O)c1cc(C(=O)OC)ncn1.Cc1cc(CN)ccc1F.Cc1cc(CNC(=O)c2cc(C(=O)NCc3ccc(F)c(C)c3)ncn2)ccc1F. The van der Waals surface area contributed by atoms with Gasteiger partial charge in [0.15, 0.2) is 11.4 Å². The van der Waals surface area contributed by atoms with Crippen LogP contribution in [0.15, 0.2) is 79.4 Å². The average Bonchev–Trinajstić information content (AvgIpc) is 3.19. The summed E-state index contributed by atoms with van der Waals surface area (Å²) in [4.78, 5) is 61.8. The van der Waals surface area contributed by atoms with Crippen molar-refractivity contribution < 1.29 is 41.8 Å². The zero-order chi connectivity index (χ0) is 39.8. The maximum atomic E-state index is 13.3. The van der Waals surface area contributed by atoms with Crippen LogP contribution in [-0.2, 0) is 29.1 Å². The smallest absolute Gasteiger partial charge is 0.356 e. The summed E-state index contributed by atoms with van der Waals surface area (Å²) in [6.45, 7) is 5.87. The molecule has 0 spiro atoms. The molecule has 4 N–H and O–H groups in total. The van der Waals surface area contributed by atoms with Gasteiger partial charge in [0.05, 0.1) is 14.2 Å². The van der Waals surface area contributed by atoms with E-state index in [1.165, 1.54) is 44.6 Å². The Morgan fingerprint density at radius 2 is 0.889 bits per heavy atom. The number of amides is 2. The van der Waals surface area contributed by atoms with Gasteiger partial charge in [0.25, 0.3) is 11.8 Å². The summed E-state index contributed by atoms with van der Waals surface area (Å²) in [5, 5.41) is 5.36. The van der Waals surface area contributed by atoms with Gasteiger partial charge in [0.1, 0.15) is 41.5 Å². The van der Waals surface area contributed by atoms with Crippen LogP contribution in [0.25, 0.3) is 0 Å². The number of nitrogens with two attached hydrogens (primary N) is 1. The number of hydrogen-bond acceptors (Lipinski definition) is 11. The van der Waals surface area contributed by atoms with Gasteiger partial charge in [-0.15, -0.1) is 0 Å². The standard InChI is InChI=1S/C22H20F2N4O2.C8H10FN.C8H8N2O4/c1-13-7-15(3-5-17(13)23)10-25-21(29)19-9-20(28-12-27-19)22(30)26-11-16-4-6-18(24)14(2)8-16;1-6-4-7(5-10)2-3-8(6)9;1-13-7(11)5-3-6(8(12)14-2)10-4-9-5/h3-9,12H,10-11H2,1-2H3,(H,25,29)(H,26,30);2-4H,5,10H2,1H3;3-4H,1-2H3. The van der Waals surface area contributed by atoms with E-state index in [1.807, 2.05) is 0 Å². The lowest BCUT2D eigenvalue weighted by Gasteiger charge is -2.08. The van der Waals surface area contributed by atoms with Gasteiger partial charge in [-0.2, -0.15) is 0 Å². The number of aryl methyl sites for hydroxylation is 3. The molecule has 0 unspecified atom stereocenters. The lowest BCUT2D eigenvalue weighted by atomic mass is 10.1. The predicted octanol–water partition coefficient (Wildman–Crippen LogP) is 4.87. The van der Waals surface area contributed by atoms with Gasteiger partial charge < -0.3 is 25.8 Å². The molecular weight excluding hydrogens is 707 g/mol. The third-order valence-electron chi connectivity index (χ3n) is 7.40. The summed E-state index contributed by atoms with van der Waals surface area (Å²) < 4.78 is 48.1. The van der Waals surface area contributed by atoms with E-state index in [0.717, 1.165) is 29.3 Å². The Bertz CT molecular complexity index is 2000. The van der Waals surface area contributed by atoms with Crippen LogP contribution in [0.3, 0.4) is 0 Å². The summed E-state index contributed by atoms with van der Waals surface area (Å²) in [6, 6.07) is 16.5. The Kier molecular flexibility index (Phi) is 15.9. The molecule has 0 aliphatic rings. The maximum absolute atomic E-state index is 13.3. The summed E-state index contributed by atoms with van der Waals surface area (Å²) in [7, 11) is 2.45. The first-order chi connectivity index (χ1) is 25.8. The Morgan fingerprint density at radius 3 is 1.24 bits per heavy atom. The number of nitrogens with one attached hydrogen (secondary N) is 2. The molecule has 13 nitrogen and oxygen atoms in total. The molecule has 0 aliphatic heterocycles. The van der Waals surface area contributed by atoms with E-state index in [4.69, 9.17) is 5.73 Å². The largest absolute Gasteiger partial charge is 0.464 e. The number of esters is 2. The highest BCUT2D eigenvalue weighted by Gasteiger charge is 2.15. The molecule has 0 saturated carbocycles. The molecule has 0 radical (unpaired) electrons. The minimum atomic E-state index is -0.627. The van der Waals surface area contributed by atoms with Gasteiger partial charge in [-0.3, -0.25) is 9.59 Å². The average molecular weight is 746 g/mol. The van der Waals surface area contributed by atoms with Crippen molar-refractivity contribution >= 4 is 23.8 Å². The second-order valence-electron chi connectivity index (χ2n) is 11.4. The highest BCUT2D eigenvalue weighted by atomic mass is 19.1. The summed E-state index contributed by atoms with van der Waals surface area (Å²) >= 11 is 0. The molecule has 2 amide bonds. The number of hydrogen-bond donors (Lipinski definition) is 3. The number of nitrogens with zero attached hydrogens (tertiary/aromatic N) is 4. The zero-order valence-electron chi connectivity index (χ0n) is 30.1. The summed E-state index contributed by atoms with van der Waals surface area (Å²) in [5.74, 6) is -3.02. The number of benzene rings is 3. The van der Waals surface area contributed by atoms with Crippen LogP contribution in [0, 0.1) is 38.2 Å². The summed E-state index contributed by atoms with van der Waals surface area (Å²) in [6.07, 6.45) is 2.23. The maximum Gasteiger partial charge on any atom is 0.356 e. The number of carbonyl (C=O) groups is 4. The van der Waals surface area contributed by atoms with Gasteiger partial charge in [-0.05, 0) is 72.4 Å². The van der Waals surface area contributed by atoms with E-state index in [0.29, 0.717) is 23.2 Å². The minimum Gasteiger partial charge on any atom is -0.464 e.